The van der Waals surface area contributed by atoms with E-state index < -0.39 is 30.4 Å². The van der Waals surface area contributed by atoms with E-state index in [1.165, 1.54) is 55.6 Å². The number of H-pyrrole nitrogens is 2. The van der Waals surface area contributed by atoms with Crippen molar-refractivity contribution >= 4 is 76.7 Å². The third kappa shape index (κ3) is 6.83. The first-order valence-corrected chi connectivity index (χ1v) is 20.8. The summed E-state index contributed by atoms with van der Waals surface area (Å²) in [5.74, 6) is 0.393. The fourth-order valence-corrected chi connectivity index (χ4v) is 8.13. The molecule has 0 saturated heterocycles. The molecule has 8 rings (SSSR count). The molecular formula is C39H28N4O10S3. The van der Waals surface area contributed by atoms with Gasteiger partial charge in [-0.15, -0.1) is 0 Å². The van der Waals surface area contributed by atoms with E-state index in [4.69, 9.17) is 14.7 Å². The van der Waals surface area contributed by atoms with Crippen LogP contribution < -0.4 is 4.74 Å². The lowest BCUT2D eigenvalue weighted by molar-refractivity contribution is 0.416. The summed E-state index contributed by atoms with van der Waals surface area (Å²) in [7, 11) is -11.9. The van der Waals surface area contributed by atoms with Gasteiger partial charge in [0, 0.05) is 33.2 Å². The zero-order valence-corrected chi connectivity index (χ0v) is 31.3. The van der Waals surface area contributed by atoms with Crippen LogP contribution >= 0.6 is 0 Å². The molecule has 14 nitrogen and oxygen atoms in total. The van der Waals surface area contributed by atoms with E-state index in [9.17, 15) is 38.9 Å². The summed E-state index contributed by atoms with van der Waals surface area (Å²) in [4.78, 5) is 15.9. The van der Waals surface area contributed by atoms with Gasteiger partial charge in [0.05, 0.1) is 44.4 Å². The van der Waals surface area contributed by atoms with Crippen molar-refractivity contribution in [2.75, 3.05) is 7.11 Å². The van der Waals surface area contributed by atoms with Crippen molar-refractivity contribution in [1.82, 2.24) is 19.9 Å². The second-order valence-electron chi connectivity index (χ2n) is 12.7. The van der Waals surface area contributed by atoms with Gasteiger partial charge >= 0.3 is 0 Å². The molecule has 2 aliphatic heterocycles. The number of aromatic amines is 2. The number of hydrogen-bond acceptors (Lipinski definition) is 9. The Hall–Kier alpha value is -6.21. The van der Waals surface area contributed by atoms with Gasteiger partial charge in [-0.1, -0.05) is 36.4 Å². The summed E-state index contributed by atoms with van der Waals surface area (Å²) in [6.45, 7) is 0. The highest BCUT2D eigenvalue weighted by atomic mass is 32.2. The maximum absolute atomic E-state index is 11.9. The Morgan fingerprint density at radius 2 is 0.714 bits per heavy atom. The summed E-state index contributed by atoms with van der Waals surface area (Å²) in [5, 5.41) is 0. The topological polar surface area (TPSA) is 230 Å². The lowest BCUT2D eigenvalue weighted by Crippen LogP contribution is -1.97. The van der Waals surface area contributed by atoms with Crippen LogP contribution in [0.5, 0.6) is 5.75 Å². The van der Waals surface area contributed by atoms with Crippen molar-refractivity contribution in [2.24, 2.45) is 0 Å². The Labute approximate surface area is 319 Å². The zero-order chi connectivity index (χ0) is 39.6. The van der Waals surface area contributed by atoms with Gasteiger partial charge in [-0.25, -0.2) is 9.97 Å². The SMILES string of the molecule is COc1c2nc(c(-c3ccc(S(=O)(=O)O)cc3)c3ccc([nH]3)c(-c3ccc(S(=O)(=O)O)cc3)c3nc(c(-c4ccc(S(=O)(=O)O)cc4)c4ccc1[nH]4)C=C3)C=C2. The number of nitrogens with zero attached hydrogens (tertiary/aromatic N) is 2. The molecule has 0 unspecified atom stereocenters. The van der Waals surface area contributed by atoms with E-state index in [1.807, 2.05) is 0 Å². The van der Waals surface area contributed by atoms with E-state index in [2.05, 4.69) is 9.97 Å². The molecule has 5 heterocycles. The molecule has 0 atom stereocenters. The number of aromatic nitrogens is 4. The van der Waals surface area contributed by atoms with Crippen molar-refractivity contribution in [3.63, 3.8) is 0 Å². The van der Waals surface area contributed by atoms with Gasteiger partial charge in [0.15, 0.2) is 5.75 Å². The molecule has 0 aliphatic carbocycles. The first kappa shape index (κ1) is 36.8. The Balaban J connectivity index is 1.51. The minimum absolute atomic E-state index is 0.288. The van der Waals surface area contributed by atoms with E-state index >= 15 is 0 Å². The van der Waals surface area contributed by atoms with Crippen LogP contribution in [0.1, 0.15) is 22.8 Å². The minimum atomic E-state index is -4.50. The van der Waals surface area contributed by atoms with Crippen molar-refractivity contribution in [1.29, 1.82) is 0 Å². The van der Waals surface area contributed by atoms with E-state index in [0.717, 1.165) is 0 Å². The summed E-state index contributed by atoms with van der Waals surface area (Å²) in [5.41, 5.74) is 7.42. The molecule has 2 aliphatic rings. The second kappa shape index (κ2) is 13.5. The second-order valence-corrected chi connectivity index (χ2v) is 16.9. The predicted molar refractivity (Wildman–Crippen MR) is 211 cm³/mol. The third-order valence-corrected chi connectivity index (χ3v) is 11.8. The van der Waals surface area contributed by atoms with Crippen LogP contribution in [0.3, 0.4) is 0 Å². The summed E-state index contributed by atoms with van der Waals surface area (Å²) >= 11 is 0. The van der Waals surface area contributed by atoms with Gasteiger partial charge in [-0.05, 0) is 102 Å². The van der Waals surface area contributed by atoms with Crippen LogP contribution in [0.15, 0.2) is 112 Å². The molecule has 0 spiro atoms. The van der Waals surface area contributed by atoms with E-state index in [-0.39, 0.29) is 14.7 Å². The van der Waals surface area contributed by atoms with E-state index in [1.54, 1.807) is 72.8 Å². The van der Waals surface area contributed by atoms with Crippen LogP contribution in [-0.4, -0.2) is 66.0 Å². The lowest BCUT2D eigenvalue weighted by atomic mass is 10.0. The number of benzene rings is 3. The monoisotopic (exact) mass is 808 g/mol. The van der Waals surface area contributed by atoms with Crippen LogP contribution in [0, 0.1) is 0 Å². The van der Waals surface area contributed by atoms with Crippen LogP contribution in [0.4, 0.5) is 0 Å². The molecule has 0 fully saturated rings. The maximum Gasteiger partial charge on any atom is 0.294 e. The molecule has 17 heteroatoms. The summed E-state index contributed by atoms with van der Waals surface area (Å²) in [6, 6.07) is 24.1. The highest BCUT2D eigenvalue weighted by Gasteiger charge is 2.20. The molecule has 8 bridgehead atoms. The fraction of sp³-hybridized carbons (Fsp3) is 0.0256. The van der Waals surface area contributed by atoms with Gasteiger partial charge in [-0.2, -0.15) is 25.3 Å². The van der Waals surface area contributed by atoms with Gasteiger partial charge in [-0.3, -0.25) is 13.7 Å². The molecular weight excluding hydrogens is 781 g/mol. The Morgan fingerprint density at radius 1 is 0.429 bits per heavy atom. The molecule has 0 saturated carbocycles. The smallest absolute Gasteiger partial charge is 0.294 e. The van der Waals surface area contributed by atoms with Crippen LogP contribution in [0.2, 0.25) is 0 Å². The molecule has 3 aromatic carbocycles. The van der Waals surface area contributed by atoms with Crippen molar-refractivity contribution in [2.45, 2.75) is 14.7 Å². The largest absolute Gasteiger partial charge is 0.492 e. The van der Waals surface area contributed by atoms with Crippen LogP contribution in [0.25, 0.3) is 79.8 Å². The maximum atomic E-state index is 11.9. The van der Waals surface area contributed by atoms with Crippen molar-refractivity contribution in [3.8, 4) is 39.1 Å². The van der Waals surface area contributed by atoms with Crippen molar-refractivity contribution in [3.05, 3.63) is 120 Å². The normalized spacial score (nSPS) is 12.9. The fourth-order valence-electron chi connectivity index (χ4n) is 6.69. The van der Waals surface area contributed by atoms with Crippen LogP contribution in [-0.2, 0) is 30.4 Å². The molecule has 0 radical (unpaired) electrons. The number of methoxy groups -OCH3 is 1. The summed E-state index contributed by atoms with van der Waals surface area (Å²) in [6.07, 6.45) is 7.09. The summed E-state index contributed by atoms with van der Waals surface area (Å²) < 4.78 is 106. The van der Waals surface area contributed by atoms with Crippen molar-refractivity contribution < 1.29 is 43.6 Å². The minimum Gasteiger partial charge on any atom is -0.492 e. The molecule has 282 valence electrons. The predicted octanol–water partition coefficient (Wildman–Crippen LogP) is 7.41. The zero-order valence-electron chi connectivity index (χ0n) is 28.9. The first-order chi connectivity index (χ1) is 26.6. The van der Waals surface area contributed by atoms with Gasteiger partial charge in [0.1, 0.15) is 5.69 Å². The average Bonchev–Trinajstić information content (AvgIpc) is 3.99. The van der Waals surface area contributed by atoms with Gasteiger partial charge in [0.25, 0.3) is 30.4 Å². The Kier molecular flexibility index (Phi) is 8.87. The average molecular weight is 809 g/mol. The molecule has 56 heavy (non-hydrogen) atoms. The molecule has 3 aromatic heterocycles. The number of ether oxygens (including phenoxy) is 1. The highest BCUT2D eigenvalue weighted by Crippen LogP contribution is 2.38. The number of hydrogen-bond donors (Lipinski definition) is 5. The third-order valence-electron chi connectivity index (χ3n) is 9.23. The number of fused-ring (bicyclic) bond motifs is 8. The lowest BCUT2D eigenvalue weighted by Gasteiger charge is -2.07. The quantitative estimate of drug-likeness (QED) is 0.0992. The van der Waals surface area contributed by atoms with E-state index in [0.29, 0.717) is 84.0 Å². The first-order valence-electron chi connectivity index (χ1n) is 16.5. The Bertz CT molecular complexity index is 3100. The molecule has 5 N–H and O–H groups in total. The molecule has 6 aromatic rings. The molecule has 0 amide bonds. The standard InChI is InChI=1S/C39H28N4O10S3/c1-53-39-34-20-18-32(42-34)37(23-4-10-26(11-5-23)55(47,48)49)30-16-14-28(40-30)36(22-2-8-25(9-3-22)54(44,45)46)29-15-17-31(41-29)38(33-19-21-35(39)43-33)24-6-12-27(13-7-24)56(50,51)52/h2-21,40,43H,1H3,(H,44,45,46)(H,47,48,49)(H,50,51,52). The Morgan fingerprint density at radius 3 is 1.04 bits per heavy atom. The number of rotatable bonds is 7. The van der Waals surface area contributed by atoms with Gasteiger partial charge in [0.2, 0.25) is 0 Å². The van der Waals surface area contributed by atoms with Gasteiger partial charge < -0.3 is 14.7 Å². The number of nitrogens with one attached hydrogen (secondary N) is 2. The highest BCUT2D eigenvalue weighted by molar-refractivity contribution is 7.86.